The summed E-state index contributed by atoms with van der Waals surface area (Å²) in [6, 6.07) is 7.91. The number of hydrogen-bond acceptors (Lipinski definition) is 7. The van der Waals surface area contributed by atoms with Crippen molar-refractivity contribution in [1.82, 2.24) is 4.90 Å². The fourth-order valence-corrected chi connectivity index (χ4v) is 5.44. The minimum atomic E-state index is -0.453. The number of thiophene rings is 1. The summed E-state index contributed by atoms with van der Waals surface area (Å²) < 4.78 is 10.4. The molecule has 2 heterocycles. The molecule has 1 aromatic carbocycles. The van der Waals surface area contributed by atoms with Crippen molar-refractivity contribution in [2.24, 2.45) is 0 Å². The van der Waals surface area contributed by atoms with E-state index in [1.807, 2.05) is 24.3 Å². The summed E-state index contributed by atoms with van der Waals surface area (Å²) in [4.78, 5) is 41.2. The summed E-state index contributed by atoms with van der Waals surface area (Å²) in [5.74, 6) is 0.339. The molecule has 3 rings (SSSR count). The summed E-state index contributed by atoms with van der Waals surface area (Å²) in [6.45, 7) is 6.95. The van der Waals surface area contributed by atoms with Gasteiger partial charge in [-0.25, -0.2) is 9.59 Å². The molecule has 32 heavy (non-hydrogen) atoms. The van der Waals surface area contributed by atoms with Crippen LogP contribution in [0.25, 0.3) is 0 Å². The van der Waals surface area contributed by atoms with E-state index >= 15 is 0 Å². The smallest absolute Gasteiger partial charge is 0.410 e. The third-order valence-corrected chi connectivity index (χ3v) is 6.94. The average Bonchev–Trinajstić information content (AvgIpc) is 3.12. The summed E-state index contributed by atoms with van der Waals surface area (Å²) in [7, 11) is 0. The van der Waals surface area contributed by atoms with Gasteiger partial charge in [0.2, 0.25) is 5.91 Å². The van der Waals surface area contributed by atoms with Crippen molar-refractivity contribution in [3.63, 3.8) is 0 Å². The van der Waals surface area contributed by atoms with Gasteiger partial charge in [0.05, 0.1) is 31.7 Å². The maximum atomic E-state index is 12.7. The quantitative estimate of drug-likeness (QED) is 0.438. The van der Waals surface area contributed by atoms with Gasteiger partial charge in [-0.15, -0.1) is 23.1 Å². The maximum Gasteiger partial charge on any atom is 0.410 e. The van der Waals surface area contributed by atoms with E-state index in [-0.39, 0.29) is 25.0 Å². The number of amides is 2. The molecule has 1 aliphatic heterocycles. The molecule has 1 aromatic heterocycles. The molecule has 1 aliphatic rings. The van der Waals surface area contributed by atoms with Gasteiger partial charge in [0, 0.05) is 16.3 Å². The summed E-state index contributed by atoms with van der Waals surface area (Å²) >= 11 is 3.07. The molecule has 9 heteroatoms. The number of hydrogen-bond donors (Lipinski definition) is 1. The number of nitrogens with zero attached hydrogens (tertiary/aromatic N) is 1. The Bertz CT molecular complexity index is 972. The molecule has 7 nitrogen and oxygen atoms in total. The lowest BCUT2D eigenvalue weighted by Gasteiger charge is -2.26. The van der Waals surface area contributed by atoms with Gasteiger partial charge < -0.3 is 19.7 Å². The molecule has 0 radical (unpaired) electrons. The monoisotopic (exact) mass is 476 g/mol. The van der Waals surface area contributed by atoms with Crippen molar-refractivity contribution in [1.29, 1.82) is 0 Å². The van der Waals surface area contributed by atoms with Crippen LogP contribution >= 0.6 is 23.1 Å². The van der Waals surface area contributed by atoms with Crippen LogP contribution < -0.4 is 5.32 Å². The molecule has 1 N–H and O–H groups in total. The first-order valence-electron chi connectivity index (χ1n) is 10.7. The summed E-state index contributed by atoms with van der Waals surface area (Å²) in [6.07, 6.45) is 0.335. The average molecular weight is 477 g/mol. The van der Waals surface area contributed by atoms with Crippen LogP contribution in [0.1, 0.15) is 47.1 Å². The number of anilines is 1. The highest BCUT2D eigenvalue weighted by Crippen LogP contribution is 2.38. The van der Waals surface area contributed by atoms with Crippen LogP contribution in [0.5, 0.6) is 0 Å². The molecule has 0 atom stereocenters. The molecule has 172 valence electrons. The van der Waals surface area contributed by atoms with E-state index in [0.29, 0.717) is 36.7 Å². The van der Waals surface area contributed by atoms with E-state index in [0.717, 1.165) is 21.8 Å². The van der Waals surface area contributed by atoms with Crippen LogP contribution in [0.3, 0.4) is 0 Å². The van der Waals surface area contributed by atoms with Crippen LogP contribution in [0.4, 0.5) is 9.80 Å². The number of carbonyl (C=O) groups excluding carboxylic acids is 3. The second-order valence-corrected chi connectivity index (χ2v) is 9.54. The molecule has 0 saturated heterocycles. The van der Waals surface area contributed by atoms with Gasteiger partial charge in [0.1, 0.15) is 5.00 Å². The fraction of sp³-hybridized carbons (Fsp3) is 0.435. The molecule has 0 unspecified atom stereocenters. The Labute approximate surface area is 196 Å². The van der Waals surface area contributed by atoms with E-state index in [2.05, 4.69) is 12.2 Å². The standard InChI is InChI=1S/C23H28N2O5S2/c1-4-29-22(27)20-17-11-12-25(23(28)30-5-2)14-18(17)32-21(20)24-19(26)13-15-7-9-16(10-8-15)31-6-3/h7-10H,4-6,11-14H2,1-3H3,(H,24,26). The minimum Gasteiger partial charge on any atom is -0.462 e. The topological polar surface area (TPSA) is 84.9 Å². The highest BCUT2D eigenvalue weighted by Gasteiger charge is 2.31. The number of nitrogens with one attached hydrogen (secondary N) is 1. The maximum absolute atomic E-state index is 12.7. The van der Waals surface area contributed by atoms with E-state index in [1.54, 1.807) is 30.5 Å². The van der Waals surface area contributed by atoms with Crippen molar-refractivity contribution in [2.45, 2.75) is 45.1 Å². The number of rotatable bonds is 8. The van der Waals surface area contributed by atoms with Crippen LogP contribution in [-0.2, 0) is 33.7 Å². The molecule has 2 amide bonds. The van der Waals surface area contributed by atoms with Crippen molar-refractivity contribution >= 4 is 46.1 Å². The second-order valence-electron chi connectivity index (χ2n) is 7.10. The largest absolute Gasteiger partial charge is 0.462 e. The van der Waals surface area contributed by atoms with Crippen LogP contribution in [0.15, 0.2) is 29.2 Å². The van der Waals surface area contributed by atoms with E-state index < -0.39 is 5.97 Å². The molecule has 2 aromatic rings. The fourth-order valence-electron chi connectivity index (χ4n) is 3.51. The zero-order valence-electron chi connectivity index (χ0n) is 18.6. The number of carbonyl (C=O) groups is 3. The third-order valence-electron chi connectivity index (χ3n) is 4.91. The lowest BCUT2D eigenvalue weighted by atomic mass is 10.0. The van der Waals surface area contributed by atoms with E-state index in [1.165, 1.54) is 16.2 Å². The van der Waals surface area contributed by atoms with E-state index in [4.69, 9.17) is 9.47 Å². The molecular weight excluding hydrogens is 448 g/mol. The lowest BCUT2D eigenvalue weighted by molar-refractivity contribution is -0.115. The molecule has 0 fully saturated rings. The van der Waals surface area contributed by atoms with Gasteiger partial charge in [-0.05, 0) is 49.3 Å². The Morgan fingerprint density at radius 1 is 1.09 bits per heavy atom. The summed E-state index contributed by atoms with van der Waals surface area (Å²) in [5.41, 5.74) is 2.14. The van der Waals surface area contributed by atoms with Gasteiger partial charge >= 0.3 is 12.1 Å². The van der Waals surface area contributed by atoms with Crippen LogP contribution in [0, 0.1) is 0 Å². The van der Waals surface area contributed by atoms with Crippen LogP contribution in [-0.4, -0.2) is 48.4 Å². The van der Waals surface area contributed by atoms with Crippen molar-refractivity contribution < 1.29 is 23.9 Å². The number of benzene rings is 1. The first-order valence-corrected chi connectivity index (χ1v) is 12.5. The first kappa shape index (κ1) is 24.1. The zero-order valence-corrected chi connectivity index (χ0v) is 20.2. The minimum absolute atomic E-state index is 0.202. The molecule has 0 saturated carbocycles. The first-order chi connectivity index (χ1) is 15.5. The van der Waals surface area contributed by atoms with Crippen molar-refractivity contribution in [3.8, 4) is 0 Å². The highest BCUT2D eigenvalue weighted by molar-refractivity contribution is 7.99. The molecule has 0 bridgehead atoms. The highest BCUT2D eigenvalue weighted by atomic mass is 32.2. The summed E-state index contributed by atoms with van der Waals surface area (Å²) in [5, 5.41) is 3.38. The Hall–Kier alpha value is -2.52. The Kier molecular flexibility index (Phi) is 8.58. The second kappa shape index (κ2) is 11.4. The Balaban J connectivity index is 1.78. The van der Waals surface area contributed by atoms with Gasteiger partial charge in [-0.1, -0.05) is 19.1 Å². The SMILES string of the molecule is CCOC(=O)c1c(NC(=O)Cc2ccc(SCC)cc2)sc2c1CCN(C(=O)OCC)C2. The molecule has 0 aliphatic carbocycles. The van der Waals surface area contributed by atoms with Gasteiger partial charge in [-0.2, -0.15) is 0 Å². The Morgan fingerprint density at radius 2 is 1.81 bits per heavy atom. The number of ether oxygens (including phenoxy) is 2. The van der Waals surface area contributed by atoms with Crippen molar-refractivity contribution in [2.75, 3.05) is 30.8 Å². The van der Waals surface area contributed by atoms with Crippen molar-refractivity contribution in [3.05, 3.63) is 45.8 Å². The number of thioether (sulfide) groups is 1. The van der Waals surface area contributed by atoms with E-state index in [9.17, 15) is 14.4 Å². The predicted molar refractivity (Wildman–Crippen MR) is 127 cm³/mol. The van der Waals surface area contributed by atoms with Gasteiger partial charge in [0.15, 0.2) is 0 Å². The number of esters is 1. The van der Waals surface area contributed by atoms with Gasteiger partial charge in [0.25, 0.3) is 0 Å². The van der Waals surface area contributed by atoms with Gasteiger partial charge in [-0.3, -0.25) is 4.79 Å². The van der Waals surface area contributed by atoms with Crippen LogP contribution in [0.2, 0.25) is 0 Å². The third kappa shape index (κ3) is 5.83. The Morgan fingerprint density at radius 3 is 2.47 bits per heavy atom. The normalized spacial score (nSPS) is 12.8. The molecular formula is C23H28N2O5S2. The number of fused-ring (bicyclic) bond motifs is 1. The predicted octanol–water partition coefficient (Wildman–Crippen LogP) is 4.73. The molecule has 0 spiro atoms. The zero-order chi connectivity index (χ0) is 23.1. The lowest BCUT2D eigenvalue weighted by Crippen LogP contribution is -2.36.